The van der Waals surface area contributed by atoms with Crippen molar-refractivity contribution >= 4 is 5.97 Å². The van der Waals surface area contributed by atoms with E-state index in [1.807, 2.05) is 0 Å². The lowest BCUT2D eigenvalue weighted by Crippen LogP contribution is -2.46. The van der Waals surface area contributed by atoms with Crippen LogP contribution in [0.4, 0.5) is 0 Å². The van der Waals surface area contributed by atoms with Gasteiger partial charge in [0, 0.05) is 6.08 Å². The molecule has 0 radical (unpaired) electrons. The summed E-state index contributed by atoms with van der Waals surface area (Å²) in [5.41, 5.74) is -0.106. The molecule has 0 aromatic heterocycles. The minimum Gasteiger partial charge on any atom is -0.455 e. The Morgan fingerprint density at radius 2 is 1.94 bits per heavy atom. The average molecular weight is 234 g/mol. The summed E-state index contributed by atoms with van der Waals surface area (Å²) in [5, 5.41) is 0. The number of ether oxygens (including phenoxy) is 1. The Bertz CT molecular complexity index is 330. The second-order valence-electron chi connectivity index (χ2n) is 6.14. The minimum atomic E-state index is -0.204. The van der Waals surface area contributed by atoms with E-state index in [1.54, 1.807) is 0 Å². The quantitative estimate of drug-likeness (QED) is 0.552. The van der Waals surface area contributed by atoms with Crippen molar-refractivity contribution in [3.63, 3.8) is 0 Å². The molecule has 3 unspecified atom stereocenters. The summed E-state index contributed by atoms with van der Waals surface area (Å²) in [5.74, 6) is 1.88. The van der Waals surface area contributed by atoms with Crippen LogP contribution in [0.3, 0.4) is 0 Å². The molecule has 0 amide bonds. The van der Waals surface area contributed by atoms with Gasteiger partial charge in [-0.25, -0.2) is 4.79 Å². The van der Waals surface area contributed by atoms with E-state index in [0.29, 0.717) is 11.8 Å². The van der Waals surface area contributed by atoms with Gasteiger partial charge in [0.05, 0.1) is 0 Å². The summed E-state index contributed by atoms with van der Waals surface area (Å²) in [6.07, 6.45) is 11.5. The Kier molecular flexibility index (Phi) is 2.76. The van der Waals surface area contributed by atoms with Crippen LogP contribution in [-0.4, -0.2) is 11.6 Å². The van der Waals surface area contributed by atoms with E-state index in [0.717, 1.165) is 12.3 Å². The smallest absolute Gasteiger partial charge is 0.330 e. The minimum absolute atomic E-state index is 0.106. The van der Waals surface area contributed by atoms with E-state index in [4.69, 9.17) is 4.74 Å². The van der Waals surface area contributed by atoms with Crippen molar-refractivity contribution in [2.24, 2.45) is 17.8 Å². The predicted molar refractivity (Wildman–Crippen MR) is 66.4 cm³/mol. The highest BCUT2D eigenvalue weighted by Gasteiger charge is 2.57. The summed E-state index contributed by atoms with van der Waals surface area (Å²) in [4.78, 5) is 11.7. The monoisotopic (exact) mass is 234 g/mol. The molecule has 3 saturated carbocycles. The Morgan fingerprint density at radius 1 is 1.18 bits per heavy atom. The molecule has 3 fully saturated rings. The van der Waals surface area contributed by atoms with Gasteiger partial charge in [-0.05, 0) is 56.3 Å². The van der Waals surface area contributed by atoms with Crippen LogP contribution < -0.4 is 0 Å². The molecule has 0 heterocycles. The molecule has 17 heavy (non-hydrogen) atoms. The van der Waals surface area contributed by atoms with Crippen molar-refractivity contribution in [1.82, 2.24) is 0 Å². The molecule has 0 aliphatic heterocycles. The molecule has 0 saturated heterocycles. The van der Waals surface area contributed by atoms with Crippen LogP contribution in [0.25, 0.3) is 0 Å². The SMILES string of the molecule is C=CC(=O)OC1(C2CCCC2)CC2CCC1C2. The van der Waals surface area contributed by atoms with Crippen molar-refractivity contribution in [3.8, 4) is 0 Å². The highest BCUT2D eigenvalue weighted by molar-refractivity contribution is 5.81. The molecule has 3 aliphatic carbocycles. The zero-order chi connectivity index (χ0) is 11.9. The molecular weight excluding hydrogens is 212 g/mol. The molecule has 94 valence electrons. The zero-order valence-electron chi connectivity index (χ0n) is 10.5. The lowest BCUT2D eigenvalue weighted by Gasteiger charge is -2.41. The molecule has 2 bridgehead atoms. The maximum absolute atomic E-state index is 11.7. The number of rotatable bonds is 3. The fourth-order valence-corrected chi connectivity index (χ4v) is 4.67. The van der Waals surface area contributed by atoms with Gasteiger partial charge in [-0.15, -0.1) is 0 Å². The van der Waals surface area contributed by atoms with Crippen LogP contribution >= 0.6 is 0 Å². The summed E-state index contributed by atoms with van der Waals surface area (Å²) >= 11 is 0. The van der Waals surface area contributed by atoms with E-state index >= 15 is 0 Å². The first-order valence-electron chi connectivity index (χ1n) is 7.10. The van der Waals surface area contributed by atoms with Gasteiger partial charge in [0.15, 0.2) is 0 Å². The van der Waals surface area contributed by atoms with Gasteiger partial charge in [-0.3, -0.25) is 0 Å². The number of esters is 1. The second-order valence-corrected chi connectivity index (χ2v) is 6.14. The highest BCUT2D eigenvalue weighted by atomic mass is 16.6. The van der Waals surface area contributed by atoms with Gasteiger partial charge in [0.1, 0.15) is 5.60 Å². The first-order valence-corrected chi connectivity index (χ1v) is 7.10. The Labute approximate surface area is 103 Å². The van der Waals surface area contributed by atoms with Gasteiger partial charge >= 0.3 is 5.97 Å². The molecule has 2 heteroatoms. The fourth-order valence-electron chi connectivity index (χ4n) is 4.67. The molecule has 0 spiro atoms. The van der Waals surface area contributed by atoms with E-state index in [1.165, 1.54) is 51.0 Å². The maximum Gasteiger partial charge on any atom is 0.330 e. The van der Waals surface area contributed by atoms with Crippen molar-refractivity contribution in [1.29, 1.82) is 0 Å². The van der Waals surface area contributed by atoms with E-state index < -0.39 is 0 Å². The van der Waals surface area contributed by atoms with E-state index in [-0.39, 0.29) is 11.6 Å². The molecule has 3 atom stereocenters. The Balaban J connectivity index is 1.84. The summed E-state index contributed by atoms with van der Waals surface area (Å²) in [7, 11) is 0. The summed E-state index contributed by atoms with van der Waals surface area (Å²) in [6, 6.07) is 0. The fraction of sp³-hybridized carbons (Fsp3) is 0.800. The largest absolute Gasteiger partial charge is 0.455 e. The zero-order valence-corrected chi connectivity index (χ0v) is 10.5. The number of fused-ring (bicyclic) bond motifs is 2. The lowest BCUT2D eigenvalue weighted by atomic mass is 9.73. The van der Waals surface area contributed by atoms with Crippen LogP contribution in [0.2, 0.25) is 0 Å². The van der Waals surface area contributed by atoms with Crippen LogP contribution in [0, 0.1) is 17.8 Å². The van der Waals surface area contributed by atoms with Crippen molar-refractivity contribution in [2.45, 2.75) is 57.0 Å². The summed E-state index contributed by atoms with van der Waals surface area (Å²) < 4.78 is 5.91. The molecule has 0 N–H and O–H groups in total. The van der Waals surface area contributed by atoms with Crippen molar-refractivity contribution < 1.29 is 9.53 Å². The third-order valence-corrected chi connectivity index (χ3v) is 5.34. The van der Waals surface area contributed by atoms with Crippen LogP contribution in [-0.2, 0) is 9.53 Å². The van der Waals surface area contributed by atoms with Gasteiger partial charge in [0.2, 0.25) is 0 Å². The van der Waals surface area contributed by atoms with E-state index in [9.17, 15) is 4.79 Å². The Hall–Kier alpha value is -0.790. The van der Waals surface area contributed by atoms with E-state index in [2.05, 4.69) is 6.58 Å². The highest BCUT2D eigenvalue weighted by Crippen LogP contribution is 2.58. The van der Waals surface area contributed by atoms with Gasteiger partial charge in [-0.1, -0.05) is 19.4 Å². The topological polar surface area (TPSA) is 26.3 Å². The van der Waals surface area contributed by atoms with Crippen molar-refractivity contribution in [3.05, 3.63) is 12.7 Å². The third-order valence-electron chi connectivity index (χ3n) is 5.34. The third kappa shape index (κ3) is 1.73. The van der Waals surface area contributed by atoms with Crippen molar-refractivity contribution in [2.75, 3.05) is 0 Å². The molecule has 0 aromatic carbocycles. The normalized spacial score (nSPS) is 40.7. The summed E-state index contributed by atoms with van der Waals surface area (Å²) in [6.45, 7) is 3.55. The molecular formula is C15H22O2. The number of hydrogen-bond acceptors (Lipinski definition) is 2. The lowest BCUT2D eigenvalue weighted by molar-refractivity contribution is -0.168. The first-order chi connectivity index (χ1) is 8.24. The molecule has 2 nitrogen and oxygen atoms in total. The Morgan fingerprint density at radius 3 is 2.47 bits per heavy atom. The van der Waals surface area contributed by atoms with Crippen LogP contribution in [0.15, 0.2) is 12.7 Å². The number of hydrogen-bond donors (Lipinski definition) is 0. The van der Waals surface area contributed by atoms with Crippen LogP contribution in [0.5, 0.6) is 0 Å². The predicted octanol–water partition coefficient (Wildman–Crippen LogP) is 3.46. The standard InChI is InChI=1S/C15H22O2/c1-2-14(16)17-15(12-5-3-4-6-12)10-11-7-8-13(15)9-11/h2,11-13H,1,3-10H2. The average Bonchev–Trinajstić information content (AvgIpc) is 3.04. The van der Waals surface area contributed by atoms with Gasteiger partial charge in [-0.2, -0.15) is 0 Å². The van der Waals surface area contributed by atoms with Gasteiger partial charge in [0.25, 0.3) is 0 Å². The number of carbonyl (C=O) groups excluding carboxylic acids is 1. The van der Waals surface area contributed by atoms with Crippen LogP contribution in [0.1, 0.15) is 51.4 Å². The first kappa shape index (κ1) is 11.3. The van der Waals surface area contributed by atoms with Gasteiger partial charge < -0.3 is 4.74 Å². The molecule has 3 rings (SSSR count). The second kappa shape index (κ2) is 4.15. The maximum atomic E-state index is 11.7. The number of carbonyl (C=O) groups is 1. The molecule has 0 aromatic rings. The molecule has 3 aliphatic rings.